The molecule has 0 heterocycles. The molecule has 1 rings (SSSR count). The van der Waals surface area contributed by atoms with E-state index in [1.807, 2.05) is 0 Å². The van der Waals surface area contributed by atoms with Crippen LogP contribution in [0, 0.1) is 0 Å². The van der Waals surface area contributed by atoms with Gasteiger partial charge >= 0.3 is 33.7 Å². The predicted molar refractivity (Wildman–Crippen MR) is 148 cm³/mol. The number of carbonyl (C=O) groups excluding carboxylic acids is 1. The Kier molecular flexibility index (Phi) is 15.3. The van der Waals surface area contributed by atoms with Gasteiger partial charge in [0, 0.05) is 20.6 Å². The zero-order valence-electron chi connectivity index (χ0n) is 22.6. The molecule has 0 aromatic heterocycles. The lowest BCUT2D eigenvalue weighted by atomic mass is 10.1. The van der Waals surface area contributed by atoms with Gasteiger partial charge in [0.1, 0.15) is 10.4 Å². The van der Waals surface area contributed by atoms with Gasteiger partial charge in [0.15, 0.2) is 0 Å². The highest BCUT2D eigenvalue weighted by molar-refractivity contribution is 14.1. The lowest BCUT2D eigenvalue weighted by Gasteiger charge is -2.51. The van der Waals surface area contributed by atoms with Crippen molar-refractivity contribution in [3.05, 3.63) is 30.3 Å². The van der Waals surface area contributed by atoms with E-state index in [0.29, 0.717) is 6.42 Å². The third-order valence-corrected chi connectivity index (χ3v) is 6.82. The molecule has 39 heavy (non-hydrogen) atoms. The Morgan fingerprint density at radius 2 is 1.56 bits per heavy atom. The van der Waals surface area contributed by atoms with Gasteiger partial charge in [0.05, 0.1) is 19.8 Å². The molecule has 0 saturated heterocycles. The van der Waals surface area contributed by atoms with Crippen LogP contribution in [0.15, 0.2) is 30.3 Å². The summed E-state index contributed by atoms with van der Waals surface area (Å²) in [6, 6.07) is 7.70. The largest absolute Gasteiger partial charge is 0.434 e. The van der Waals surface area contributed by atoms with Crippen LogP contribution in [0.1, 0.15) is 41.0 Å². The van der Waals surface area contributed by atoms with E-state index in [1.165, 1.54) is 19.1 Å². The lowest BCUT2D eigenvalue weighted by molar-refractivity contribution is -0.596. The second-order valence-corrected chi connectivity index (χ2v) is 9.74. The Labute approximate surface area is 255 Å². The molecule has 0 aliphatic heterocycles. The zero-order chi connectivity index (χ0) is 29.8. The van der Waals surface area contributed by atoms with E-state index in [2.05, 4.69) is 15.9 Å². The fourth-order valence-corrected chi connectivity index (χ4v) is 4.76. The molecule has 0 aliphatic carbocycles. The Balaban J connectivity index is 4.13. The number of methoxy groups -OCH3 is 1. The smallest absolute Gasteiger partial charge is 0.417 e. The second kappa shape index (κ2) is 16.3. The van der Waals surface area contributed by atoms with Gasteiger partial charge in [-0.15, -0.1) is 0 Å². The fraction of sp³-hybridized carbons (Fsp3) is 0.708. The van der Waals surface area contributed by atoms with Gasteiger partial charge in [-0.25, -0.2) is 4.74 Å². The molecular formula is C24H35BrClFIO11. The van der Waals surface area contributed by atoms with Crippen LogP contribution < -0.4 is 4.74 Å². The van der Waals surface area contributed by atoms with Crippen LogP contribution in [0.4, 0.5) is 4.39 Å². The van der Waals surface area contributed by atoms with E-state index >= 15 is 4.39 Å². The number of benzene rings is 1. The van der Waals surface area contributed by atoms with Crippen LogP contribution in [-0.4, -0.2) is 71.9 Å². The number of halogens is 4. The van der Waals surface area contributed by atoms with Crippen LogP contribution in [0.2, 0.25) is 0 Å². The number of rotatable bonds is 20. The maximum absolute atomic E-state index is 17.9. The van der Waals surface area contributed by atoms with Crippen molar-refractivity contribution in [3.63, 3.8) is 0 Å². The average Bonchev–Trinajstić information content (AvgIpc) is 2.87. The van der Waals surface area contributed by atoms with Gasteiger partial charge in [0.2, 0.25) is 0 Å². The molecule has 0 aliphatic rings. The Hall–Kier alpha value is -0.400. The quantitative estimate of drug-likeness (QED) is 0.0722. The van der Waals surface area contributed by atoms with Crippen molar-refractivity contribution in [1.29, 1.82) is 0 Å². The molecule has 11 nitrogen and oxygen atoms in total. The summed E-state index contributed by atoms with van der Waals surface area (Å²) in [6.07, 6.45) is -1.99. The third-order valence-electron chi connectivity index (χ3n) is 4.71. The molecule has 1 aromatic carbocycles. The molecule has 0 fully saturated rings. The summed E-state index contributed by atoms with van der Waals surface area (Å²) in [6.45, 7) is 6.79. The highest BCUT2D eigenvalue weighted by Crippen LogP contribution is 2.56. The molecule has 1 radical (unpaired) electrons. The minimum absolute atomic E-state index is 0.0153. The SMILES string of the molecule is CCCOC(OCC)(OCC)OC(OC)(Oc1ccccc1)C(F)(OCC)C(Br)(OC(C)=O)C([O])(Cl)OCI. The number of ether oxygens (including phenoxy) is 9. The maximum atomic E-state index is 17.9. The summed E-state index contributed by atoms with van der Waals surface area (Å²) in [5.41, 5.74) is 0. The van der Waals surface area contributed by atoms with E-state index in [0.717, 1.165) is 14.0 Å². The van der Waals surface area contributed by atoms with Crippen LogP contribution in [-0.2, 0) is 47.8 Å². The first-order chi connectivity index (χ1) is 18.3. The van der Waals surface area contributed by atoms with Crippen LogP contribution in [0.25, 0.3) is 0 Å². The van der Waals surface area contributed by atoms with Crippen molar-refractivity contribution >= 4 is 56.1 Å². The molecule has 15 heteroatoms. The van der Waals surface area contributed by atoms with Gasteiger partial charge in [0.25, 0.3) is 0 Å². The lowest BCUT2D eigenvalue weighted by Crippen LogP contribution is -2.76. The van der Waals surface area contributed by atoms with E-state index in [1.54, 1.807) is 61.6 Å². The summed E-state index contributed by atoms with van der Waals surface area (Å²) in [4.78, 5) is 12.2. The minimum Gasteiger partial charge on any atom is -0.434 e. The molecule has 0 spiro atoms. The van der Waals surface area contributed by atoms with Crippen molar-refractivity contribution in [2.45, 2.75) is 68.8 Å². The monoisotopic (exact) mass is 759 g/mol. The number of hydrogen-bond donors (Lipinski definition) is 0. The molecule has 1 aromatic rings. The summed E-state index contributed by atoms with van der Waals surface area (Å²) in [5.74, 6) is -8.13. The highest BCUT2D eigenvalue weighted by Gasteiger charge is 2.82. The van der Waals surface area contributed by atoms with Crippen molar-refractivity contribution in [1.82, 2.24) is 0 Å². The maximum Gasteiger partial charge on any atom is 0.417 e. The van der Waals surface area contributed by atoms with Crippen molar-refractivity contribution in [2.24, 2.45) is 0 Å². The van der Waals surface area contributed by atoms with Crippen LogP contribution in [0.5, 0.6) is 5.75 Å². The number of hydrogen-bond acceptors (Lipinski definition) is 10. The van der Waals surface area contributed by atoms with E-state index in [4.69, 9.17) is 54.2 Å². The van der Waals surface area contributed by atoms with Crippen molar-refractivity contribution < 1.29 is 56.9 Å². The molecule has 4 atom stereocenters. The zero-order valence-corrected chi connectivity index (χ0v) is 27.1. The van der Waals surface area contributed by atoms with Crippen molar-refractivity contribution in [2.75, 3.05) is 38.2 Å². The van der Waals surface area contributed by atoms with Gasteiger partial charge < -0.3 is 37.9 Å². The summed E-state index contributed by atoms with van der Waals surface area (Å²) in [7, 11) is 0.986. The standard InChI is InChI=1S/C24H35BrClFIO11/c1-7-16-35-24(33-9-3,34-10-4)39-23(31-6,38-19-14-12-11-13-15-19)21(27,32-8-2)20(25,37-18(5)29)22(26,30)36-17-28/h11-15H,7-10,16-17H2,1-6H3. The first kappa shape index (κ1) is 36.6. The Morgan fingerprint density at radius 3 is 2.00 bits per heavy atom. The summed E-state index contributed by atoms with van der Waals surface area (Å²) in [5, 5.41) is 10.2. The first-order valence-electron chi connectivity index (χ1n) is 12.0. The van der Waals surface area contributed by atoms with Gasteiger partial charge in [-0.3, -0.25) is 4.79 Å². The minimum atomic E-state index is -3.77. The van der Waals surface area contributed by atoms with E-state index < -0.39 is 40.3 Å². The molecule has 0 saturated carbocycles. The number of carbonyl (C=O) groups is 1. The molecule has 4 unspecified atom stereocenters. The molecular weight excluding hydrogens is 726 g/mol. The predicted octanol–water partition coefficient (Wildman–Crippen LogP) is 5.58. The average molecular weight is 761 g/mol. The number of para-hydroxylation sites is 1. The normalized spacial score (nSPS) is 18.3. The van der Waals surface area contributed by atoms with Gasteiger partial charge in [-0.05, 0) is 66.9 Å². The van der Waals surface area contributed by atoms with Crippen molar-refractivity contribution in [3.8, 4) is 5.75 Å². The molecule has 0 N–H and O–H groups in total. The van der Waals surface area contributed by atoms with Crippen LogP contribution in [0.3, 0.4) is 0 Å². The summed E-state index contributed by atoms with van der Waals surface area (Å²) < 4.78 is 64.5. The number of alkyl halides is 4. The highest BCUT2D eigenvalue weighted by atomic mass is 127. The van der Waals surface area contributed by atoms with Crippen LogP contribution >= 0.6 is 50.1 Å². The van der Waals surface area contributed by atoms with Gasteiger partial charge in [-0.2, -0.15) is 9.50 Å². The fourth-order valence-electron chi connectivity index (χ4n) is 3.23. The van der Waals surface area contributed by atoms with Gasteiger partial charge in [-0.1, -0.05) is 47.7 Å². The first-order valence-corrected chi connectivity index (χ1v) is 14.7. The summed E-state index contributed by atoms with van der Waals surface area (Å²) >= 11 is 10.7. The van der Waals surface area contributed by atoms with E-state index in [9.17, 15) is 9.90 Å². The Bertz CT molecular complexity index is 868. The molecule has 225 valence electrons. The third kappa shape index (κ3) is 8.56. The topological polar surface area (TPSA) is 120 Å². The Morgan fingerprint density at radius 1 is 1.00 bits per heavy atom. The number of esters is 1. The van der Waals surface area contributed by atoms with E-state index in [-0.39, 0.29) is 30.2 Å². The molecule has 0 bridgehead atoms. The second-order valence-electron chi connectivity index (χ2n) is 7.50. The molecule has 0 amide bonds.